The second-order valence-electron chi connectivity index (χ2n) is 4.12. The molecule has 0 unspecified atom stereocenters. The Labute approximate surface area is 105 Å². The normalized spacial score (nSPS) is 12.3. The van der Waals surface area contributed by atoms with Gasteiger partial charge in [0.25, 0.3) is 0 Å². The minimum absolute atomic E-state index is 0.146. The van der Waals surface area contributed by atoms with Gasteiger partial charge in [0, 0.05) is 12.0 Å². The number of benzene rings is 2. The Morgan fingerprint density at radius 1 is 1.33 bits per heavy atom. The van der Waals surface area contributed by atoms with E-state index in [4.69, 9.17) is 5.73 Å². The molecule has 3 N–H and O–H groups in total. The van der Waals surface area contributed by atoms with Crippen molar-refractivity contribution >= 4 is 16.7 Å². The number of phenols is 1. The van der Waals surface area contributed by atoms with Gasteiger partial charge in [-0.2, -0.15) is 0 Å². The first-order valence-corrected chi connectivity index (χ1v) is 5.66. The van der Waals surface area contributed by atoms with Crippen LogP contribution in [0.15, 0.2) is 36.4 Å². The summed E-state index contributed by atoms with van der Waals surface area (Å²) in [6.45, 7) is 0. The number of fused-ring (bicyclic) bond motifs is 1. The summed E-state index contributed by atoms with van der Waals surface area (Å²) >= 11 is 0. The summed E-state index contributed by atoms with van der Waals surface area (Å²) in [6, 6.07) is 10.3. The number of nitrogens with two attached hydrogens (primary N) is 1. The Hall–Kier alpha value is -2.07. The number of rotatable bonds is 3. The van der Waals surface area contributed by atoms with Crippen LogP contribution in [-0.2, 0) is 16.0 Å². The van der Waals surface area contributed by atoms with Crippen molar-refractivity contribution < 1.29 is 14.6 Å². The lowest BCUT2D eigenvalue weighted by Gasteiger charge is -2.13. The standard InChI is InChI=1S/C14H15NO3/c1-18-14(17)12(15)8-11-10-5-3-2-4-9(10)6-7-13(11)16/h2-7,12,16H,8,15H2,1H3/t12-/m0/s1. The average molecular weight is 245 g/mol. The molecule has 0 aliphatic heterocycles. The van der Waals surface area contributed by atoms with Gasteiger partial charge in [0.05, 0.1) is 7.11 Å². The van der Waals surface area contributed by atoms with Crippen molar-refractivity contribution in [1.82, 2.24) is 0 Å². The van der Waals surface area contributed by atoms with Crippen molar-refractivity contribution in [3.63, 3.8) is 0 Å². The van der Waals surface area contributed by atoms with Crippen LogP contribution >= 0.6 is 0 Å². The molecule has 18 heavy (non-hydrogen) atoms. The number of phenolic OH excluding ortho intramolecular Hbond substituents is 1. The highest BCUT2D eigenvalue weighted by Gasteiger charge is 2.17. The van der Waals surface area contributed by atoms with Crippen LogP contribution in [0.3, 0.4) is 0 Å². The van der Waals surface area contributed by atoms with Crippen LogP contribution in [0.4, 0.5) is 0 Å². The van der Waals surface area contributed by atoms with Gasteiger partial charge in [-0.25, -0.2) is 0 Å². The van der Waals surface area contributed by atoms with E-state index < -0.39 is 12.0 Å². The lowest BCUT2D eigenvalue weighted by atomic mass is 9.98. The second-order valence-corrected chi connectivity index (χ2v) is 4.12. The summed E-state index contributed by atoms with van der Waals surface area (Å²) < 4.78 is 4.59. The molecule has 2 aromatic rings. The third kappa shape index (κ3) is 2.28. The molecule has 4 nitrogen and oxygen atoms in total. The minimum Gasteiger partial charge on any atom is -0.508 e. The van der Waals surface area contributed by atoms with Crippen molar-refractivity contribution in [1.29, 1.82) is 0 Å². The topological polar surface area (TPSA) is 72.5 Å². The minimum atomic E-state index is -0.772. The quantitative estimate of drug-likeness (QED) is 0.805. The third-order valence-electron chi connectivity index (χ3n) is 2.94. The Bertz CT molecular complexity index is 580. The van der Waals surface area contributed by atoms with Crippen LogP contribution < -0.4 is 5.73 Å². The number of aromatic hydroxyl groups is 1. The number of carbonyl (C=O) groups is 1. The Kier molecular flexibility index (Phi) is 3.48. The van der Waals surface area contributed by atoms with Crippen LogP contribution in [0.1, 0.15) is 5.56 Å². The number of hydrogen-bond acceptors (Lipinski definition) is 4. The molecule has 0 aliphatic rings. The van der Waals surface area contributed by atoms with Crippen LogP contribution in [0.2, 0.25) is 0 Å². The fourth-order valence-corrected chi connectivity index (χ4v) is 1.99. The summed E-state index contributed by atoms with van der Waals surface area (Å²) in [4.78, 5) is 11.3. The summed E-state index contributed by atoms with van der Waals surface area (Å²) in [5.41, 5.74) is 6.41. The van der Waals surface area contributed by atoms with E-state index in [9.17, 15) is 9.90 Å². The fraction of sp³-hybridized carbons (Fsp3) is 0.214. The van der Waals surface area contributed by atoms with E-state index in [-0.39, 0.29) is 12.2 Å². The van der Waals surface area contributed by atoms with Gasteiger partial charge in [-0.1, -0.05) is 30.3 Å². The molecule has 0 heterocycles. The van der Waals surface area contributed by atoms with Gasteiger partial charge in [-0.05, 0) is 16.8 Å². The molecule has 0 fully saturated rings. The van der Waals surface area contributed by atoms with Gasteiger partial charge in [-0.3, -0.25) is 4.79 Å². The largest absolute Gasteiger partial charge is 0.508 e. The van der Waals surface area contributed by atoms with Gasteiger partial charge < -0.3 is 15.6 Å². The first-order chi connectivity index (χ1) is 8.63. The van der Waals surface area contributed by atoms with Gasteiger partial charge in [-0.15, -0.1) is 0 Å². The molecule has 2 aromatic carbocycles. The highest BCUT2D eigenvalue weighted by Crippen LogP contribution is 2.28. The van der Waals surface area contributed by atoms with Crippen molar-refractivity contribution in [2.75, 3.05) is 7.11 Å². The number of ether oxygens (including phenoxy) is 1. The summed E-state index contributed by atoms with van der Waals surface area (Å²) in [7, 11) is 1.30. The van der Waals surface area contributed by atoms with E-state index in [1.807, 2.05) is 30.3 Å². The summed E-state index contributed by atoms with van der Waals surface area (Å²) in [5, 5.41) is 11.8. The fourth-order valence-electron chi connectivity index (χ4n) is 1.99. The Morgan fingerprint density at radius 2 is 2.06 bits per heavy atom. The molecule has 0 aromatic heterocycles. The first kappa shape index (κ1) is 12.4. The molecule has 0 radical (unpaired) electrons. The maximum Gasteiger partial charge on any atom is 0.322 e. The molecule has 0 amide bonds. The molecule has 94 valence electrons. The van der Waals surface area contributed by atoms with Gasteiger partial charge in [0.2, 0.25) is 0 Å². The van der Waals surface area contributed by atoms with Crippen LogP contribution in [0.5, 0.6) is 5.75 Å². The van der Waals surface area contributed by atoms with E-state index in [0.717, 1.165) is 10.8 Å². The van der Waals surface area contributed by atoms with E-state index in [1.54, 1.807) is 6.07 Å². The van der Waals surface area contributed by atoms with Crippen LogP contribution in [0, 0.1) is 0 Å². The lowest BCUT2D eigenvalue weighted by molar-refractivity contribution is -0.142. The average Bonchev–Trinajstić information content (AvgIpc) is 2.41. The molecular formula is C14H15NO3. The van der Waals surface area contributed by atoms with Crippen LogP contribution in [-0.4, -0.2) is 24.2 Å². The maximum absolute atomic E-state index is 11.3. The molecule has 0 spiro atoms. The Morgan fingerprint density at radius 3 is 2.78 bits per heavy atom. The van der Waals surface area contributed by atoms with Crippen molar-refractivity contribution in [2.45, 2.75) is 12.5 Å². The predicted octanol–water partition coefficient (Wildman–Crippen LogP) is 1.59. The van der Waals surface area contributed by atoms with E-state index in [0.29, 0.717) is 5.56 Å². The molecule has 0 aliphatic carbocycles. The van der Waals surface area contributed by atoms with E-state index >= 15 is 0 Å². The number of hydrogen-bond donors (Lipinski definition) is 2. The first-order valence-electron chi connectivity index (χ1n) is 5.66. The molecule has 4 heteroatoms. The molecule has 0 saturated carbocycles. The second kappa shape index (κ2) is 5.06. The van der Waals surface area contributed by atoms with E-state index in [2.05, 4.69) is 4.74 Å². The van der Waals surface area contributed by atoms with Gasteiger partial charge in [0.15, 0.2) is 0 Å². The maximum atomic E-state index is 11.3. The molecule has 2 rings (SSSR count). The van der Waals surface area contributed by atoms with Gasteiger partial charge in [0.1, 0.15) is 11.8 Å². The zero-order valence-electron chi connectivity index (χ0n) is 10.1. The van der Waals surface area contributed by atoms with Crippen molar-refractivity contribution in [2.24, 2.45) is 5.73 Å². The number of esters is 1. The van der Waals surface area contributed by atoms with Crippen LogP contribution in [0.25, 0.3) is 10.8 Å². The number of carbonyl (C=O) groups excluding carboxylic acids is 1. The zero-order valence-corrected chi connectivity index (χ0v) is 10.1. The summed E-state index contributed by atoms with van der Waals surface area (Å²) in [6.07, 6.45) is 0.250. The van der Waals surface area contributed by atoms with Gasteiger partial charge >= 0.3 is 5.97 Å². The smallest absolute Gasteiger partial charge is 0.322 e. The van der Waals surface area contributed by atoms with Crippen molar-refractivity contribution in [3.8, 4) is 5.75 Å². The highest BCUT2D eigenvalue weighted by molar-refractivity contribution is 5.88. The monoisotopic (exact) mass is 245 g/mol. The summed E-state index contributed by atoms with van der Waals surface area (Å²) in [5.74, 6) is -0.338. The molecule has 0 saturated heterocycles. The zero-order chi connectivity index (χ0) is 13.1. The van der Waals surface area contributed by atoms with Crippen molar-refractivity contribution in [3.05, 3.63) is 42.0 Å². The SMILES string of the molecule is COC(=O)[C@@H](N)Cc1c(O)ccc2ccccc12. The lowest BCUT2D eigenvalue weighted by Crippen LogP contribution is -2.33. The predicted molar refractivity (Wildman–Crippen MR) is 69.3 cm³/mol. The molecule has 0 bridgehead atoms. The highest BCUT2D eigenvalue weighted by atomic mass is 16.5. The molecule has 1 atom stereocenters. The van der Waals surface area contributed by atoms with E-state index in [1.165, 1.54) is 7.11 Å². The molecular weight excluding hydrogens is 230 g/mol. The third-order valence-corrected chi connectivity index (χ3v) is 2.94. The Balaban J connectivity index is 2.43. The number of methoxy groups -OCH3 is 1.